The summed E-state index contributed by atoms with van der Waals surface area (Å²) in [5.41, 5.74) is -3.72. The van der Waals surface area contributed by atoms with Crippen molar-refractivity contribution in [1.29, 1.82) is 0 Å². The number of hydrogen-bond acceptors (Lipinski definition) is 4. The molecule has 0 aliphatic heterocycles. The maximum Gasteiger partial charge on any atom is 0.534 e. The molecule has 9 heteroatoms. The summed E-state index contributed by atoms with van der Waals surface area (Å²) in [5.74, 6) is -0.327. The molecule has 0 spiro atoms. The molecule has 5 nitrogen and oxygen atoms in total. The van der Waals surface area contributed by atoms with E-state index in [1.165, 1.54) is 12.1 Å². The zero-order valence-corrected chi connectivity index (χ0v) is 12.6. The van der Waals surface area contributed by atoms with E-state index in [4.69, 9.17) is 0 Å². The Morgan fingerprint density at radius 1 is 1.30 bits per heavy atom. The average molecular weight is 346 g/mol. The standard InChI is InChI=1S/C14H13F3N2O3S/c15-14(16,17)23(20,21)22-11-4-5-12-10(8-11)2-1-3-13(12)19-7-6-18-9-19/h4-9,13H,1-3H2. The summed E-state index contributed by atoms with van der Waals surface area (Å²) in [6.45, 7) is 0. The minimum absolute atomic E-state index is 0.0366. The first-order valence-corrected chi connectivity index (χ1v) is 8.30. The molecule has 1 aliphatic carbocycles. The number of rotatable bonds is 3. The van der Waals surface area contributed by atoms with Gasteiger partial charge in [0.1, 0.15) is 5.75 Å². The van der Waals surface area contributed by atoms with Crippen molar-refractivity contribution in [3.8, 4) is 5.75 Å². The second kappa shape index (κ2) is 5.55. The van der Waals surface area contributed by atoms with Gasteiger partial charge in [0.25, 0.3) is 0 Å². The molecule has 2 aromatic rings. The van der Waals surface area contributed by atoms with E-state index in [1.54, 1.807) is 18.6 Å². The van der Waals surface area contributed by atoms with Crippen molar-refractivity contribution in [2.45, 2.75) is 30.8 Å². The van der Waals surface area contributed by atoms with Crippen molar-refractivity contribution in [3.05, 3.63) is 48.0 Å². The van der Waals surface area contributed by atoms with Gasteiger partial charge in [-0.05, 0) is 42.5 Å². The predicted octanol–water partition coefficient (Wildman–Crippen LogP) is 3.04. The fourth-order valence-electron chi connectivity index (χ4n) is 2.75. The van der Waals surface area contributed by atoms with E-state index in [2.05, 4.69) is 9.17 Å². The largest absolute Gasteiger partial charge is 0.534 e. The van der Waals surface area contributed by atoms with Crippen molar-refractivity contribution < 1.29 is 25.8 Å². The average Bonchev–Trinajstić information content (AvgIpc) is 2.98. The fourth-order valence-corrected chi connectivity index (χ4v) is 3.21. The fraction of sp³-hybridized carbons (Fsp3) is 0.357. The number of nitrogens with zero attached hydrogens (tertiary/aromatic N) is 2. The molecule has 1 atom stereocenters. The van der Waals surface area contributed by atoms with Crippen LogP contribution in [0.15, 0.2) is 36.9 Å². The lowest BCUT2D eigenvalue weighted by molar-refractivity contribution is -0.0500. The van der Waals surface area contributed by atoms with Gasteiger partial charge in [-0.25, -0.2) is 4.98 Å². The Morgan fingerprint density at radius 3 is 2.74 bits per heavy atom. The van der Waals surface area contributed by atoms with Crippen molar-refractivity contribution in [2.75, 3.05) is 0 Å². The Balaban J connectivity index is 1.91. The van der Waals surface area contributed by atoms with Gasteiger partial charge in [-0.15, -0.1) is 0 Å². The van der Waals surface area contributed by atoms with Gasteiger partial charge < -0.3 is 8.75 Å². The maximum atomic E-state index is 12.4. The summed E-state index contributed by atoms with van der Waals surface area (Å²) in [4.78, 5) is 4.00. The Hall–Kier alpha value is -2.03. The molecule has 1 unspecified atom stereocenters. The number of aryl methyl sites for hydroxylation is 1. The molecular formula is C14H13F3N2O3S. The Kier molecular flexibility index (Phi) is 3.83. The Morgan fingerprint density at radius 2 is 2.09 bits per heavy atom. The topological polar surface area (TPSA) is 61.2 Å². The molecular weight excluding hydrogens is 333 g/mol. The van der Waals surface area contributed by atoms with Gasteiger partial charge in [-0.3, -0.25) is 0 Å². The van der Waals surface area contributed by atoms with Crippen molar-refractivity contribution >= 4 is 10.1 Å². The van der Waals surface area contributed by atoms with Gasteiger partial charge in [-0.1, -0.05) is 6.07 Å². The highest BCUT2D eigenvalue weighted by molar-refractivity contribution is 7.88. The van der Waals surface area contributed by atoms with Crippen molar-refractivity contribution in [1.82, 2.24) is 9.55 Å². The highest BCUT2D eigenvalue weighted by Gasteiger charge is 2.48. The third-order valence-corrected chi connectivity index (χ3v) is 4.75. The second-order valence-corrected chi connectivity index (χ2v) is 6.80. The first-order chi connectivity index (χ1) is 10.8. The van der Waals surface area contributed by atoms with E-state index in [-0.39, 0.29) is 11.8 Å². The number of hydrogen-bond donors (Lipinski definition) is 0. The van der Waals surface area contributed by atoms with Crippen LogP contribution in [0.4, 0.5) is 13.2 Å². The van der Waals surface area contributed by atoms with E-state index < -0.39 is 15.6 Å². The number of fused-ring (bicyclic) bond motifs is 1. The van der Waals surface area contributed by atoms with Gasteiger partial charge in [-0.2, -0.15) is 21.6 Å². The zero-order valence-electron chi connectivity index (χ0n) is 11.8. The number of halogens is 3. The molecule has 0 saturated carbocycles. The van der Waals surface area contributed by atoms with Crippen LogP contribution in [0.3, 0.4) is 0 Å². The summed E-state index contributed by atoms with van der Waals surface area (Å²) in [5, 5.41) is 0. The minimum atomic E-state index is -5.65. The van der Waals surface area contributed by atoms with E-state index in [0.29, 0.717) is 6.42 Å². The Labute approximate surface area is 130 Å². The first-order valence-electron chi connectivity index (χ1n) is 6.89. The highest BCUT2D eigenvalue weighted by atomic mass is 32.2. The molecule has 23 heavy (non-hydrogen) atoms. The normalized spacial score (nSPS) is 18.5. The van der Waals surface area contributed by atoms with Gasteiger partial charge in [0, 0.05) is 12.4 Å². The van der Waals surface area contributed by atoms with Crippen LogP contribution in [0.1, 0.15) is 30.0 Å². The van der Waals surface area contributed by atoms with Crippen LogP contribution in [0.5, 0.6) is 5.75 Å². The first kappa shape index (κ1) is 15.9. The molecule has 1 aromatic heterocycles. The third kappa shape index (κ3) is 3.05. The van der Waals surface area contributed by atoms with Crippen LogP contribution < -0.4 is 4.18 Å². The summed E-state index contributed by atoms with van der Waals surface area (Å²) < 4.78 is 65.4. The van der Waals surface area contributed by atoms with E-state index in [9.17, 15) is 21.6 Å². The quantitative estimate of drug-likeness (QED) is 0.633. The van der Waals surface area contributed by atoms with E-state index in [0.717, 1.165) is 24.0 Å². The molecule has 0 saturated heterocycles. The third-order valence-electron chi connectivity index (χ3n) is 3.77. The van der Waals surface area contributed by atoms with Crippen molar-refractivity contribution in [3.63, 3.8) is 0 Å². The summed E-state index contributed by atoms with van der Waals surface area (Å²) in [6.07, 6.45) is 7.53. The van der Waals surface area contributed by atoms with Crippen LogP contribution >= 0.6 is 0 Å². The summed E-state index contributed by atoms with van der Waals surface area (Å²) in [6, 6.07) is 4.26. The number of aromatic nitrogens is 2. The van der Waals surface area contributed by atoms with Crippen LogP contribution in [0.2, 0.25) is 0 Å². The molecule has 0 radical (unpaired) electrons. The minimum Gasteiger partial charge on any atom is -0.376 e. The SMILES string of the molecule is O=S(=O)(Oc1ccc2c(c1)CCCC2n1ccnc1)C(F)(F)F. The lowest BCUT2D eigenvalue weighted by Crippen LogP contribution is -2.28. The van der Waals surface area contributed by atoms with Gasteiger partial charge in [0.2, 0.25) is 0 Å². The number of alkyl halides is 3. The zero-order chi connectivity index (χ0) is 16.7. The van der Waals surface area contributed by atoms with Gasteiger partial charge in [0.05, 0.1) is 12.4 Å². The molecule has 0 amide bonds. The van der Waals surface area contributed by atoms with Crippen LogP contribution in [-0.4, -0.2) is 23.5 Å². The van der Waals surface area contributed by atoms with Gasteiger partial charge >= 0.3 is 15.6 Å². The maximum absolute atomic E-state index is 12.4. The number of imidazole rings is 1. The van der Waals surface area contributed by atoms with Crippen LogP contribution in [-0.2, 0) is 16.5 Å². The summed E-state index contributed by atoms with van der Waals surface area (Å²) >= 11 is 0. The lowest BCUT2D eigenvalue weighted by Gasteiger charge is -2.27. The monoisotopic (exact) mass is 346 g/mol. The molecule has 0 bridgehead atoms. The van der Waals surface area contributed by atoms with Gasteiger partial charge in [0.15, 0.2) is 0 Å². The summed E-state index contributed by atoms with van der Waals surface area (Å²) in [7, 11) is -5.65. The molecule has 0 fully saturated rings. The molecule has 124 valence electrons. The highest BCUT2D eigenvalue weighted by Crippen LogP contribution is 2.36. The Bertz CT molecular complexity index is 801. The van der Waals surface area contributed by atoms with Crippen LogP contribution in [0, 0.1) is 0 Å². The second-order valence-electron chi connectivity index (χ2n) is 5.26. The molecule has 1 heterocycles. The molecule has 0 N–H and O–H groups in total. The van der Waals surface area contributed by atoms with E-state index >= 15 is 0 Å². The van der Waals surface area contributed by atoms with Crippen LogP contribution in [0.25, 0.3) is 0 Å². The molecule has 3 rings (SSSR count). The van der Waals surface area contributed by atoms with E-state index in [1.807, 2.05) is 10.8 Å². The number of benzene rings is 1. The predicted molar refractivity (Wildman–Crippen MR) is 75.3 cm³/mol. The van der Waals surface area contributed by atoms with Crippen molar-refractivity contribution in [2.24, 2.45) is 0 Å². The molecule has 1 aromatic carbocycles. The molecule has 1 aliphatic rings. The smallest absolute Gasteiger partial charge is 0.376 e. The lowest BCUT2D eigenvalue weighted by atomic mass is 9.87.